The normalized spacial score (nSPS) is 17.7. The van der Waals surface area contributed by atoms with Crippen molar-refractivity contribution in [1.82, 2.24) is 10.1 Å². The van der Waals surface area contributed by atoms with E-state index in [0.29, 0.717) is 17.2 Å². The first-order chi connectivity index (χ1) is 14.3. The average Bonchev–Trinajstić information content (AvgIpc) is 3.33. The summed E-state index contributed by atoms with van der Waals surface area (Å²) in [5, 5.41) is 4.52. The molecule has 2 aromatic carbocycles. The van der Waals surface area contributed by atoms with Gasteiger partial charge in [-0.1, -0.05) is 58.7 Å². The Kier molecular flexibility index (Phi) is 5.66. The van der Waals surface area contributed by atoms with Crippen LogP contribution in [0.1, 0.15) is 28.0 Å². The Morgan fingerprint density at radius 3 is 2.63 bits per heavy atom. The monoisotopic (exact) mass is 444 g/mol. The number of amides is 1. The third kappa shape index (κ3) is 4.57. The molecule has 30 heavy (non-hydrogen) atoms. The second kappa shape index (κ2) is 8.24. The van der Waals surface area contributed by atoms with Crippen LogP contribution in [0.5, 0.6) is 0 Å². The fraction of sp³-hybridized carbons (Fsp3) is 0.273. The molecule has 0 spiro atoms. The Balaban J connectivity index is 1.63. The van der Waals surface area contributed by atoms with Crippen molar-refractivity contribution in [2.75, 3.05) is 11.5 Å². The van der Waals surface area contributed by atoms with Gasteiger partial charge in [-0.15, -0.1) is 0 Å². The Morgan fingerprint density at radius 2 is 1.97 bits per heavy atom. The smallest absolute Gasteiger partial charge is 0.276 e. The summed E-state index contributed by atoms with van der Waals surface area (Å²) in [6.07, 6.45) is 0.400. The van der Waals surface area contributed by atoms with Gasteiger partial charge in [0.1, 0.15) is 0 Å². The minimum Gasteiger partial charge on any atom is -0.355 e. The van der Waals surface area contributed by atoms with E-state index in [0.717, 1.165) is 16.7 Å². The van der Waals surface area contributed by atoms with Crippen molar-refractivity contribution in [2.24, 2.45) is 0 Å². The standard InChI is InChI=1S/C22H21ClN2O4S/c1-15-5-7-17(8-6-15)21-12-20(24-29-21)22(26)25(19-9-10-30(27,28)14-19)13-16-3-2-4-18(23)11-16/h2-8,11-12,19H,9-10,13-14H2,1H3/t19-/m0/s1. The summed E-state index contributed by atoms with van der Waals surface area (Å²) >= 11 is 6.09. The molecule has 1 aromatic heterocycles. The molecule has 0 bridgehead atoms. The maximum atomic E-state index is 13.3. The summed E-state index contributed by atoms with van der Waals surface area (Å²) in [5.74, 6) is 0.145. The van der Waals surface area contributed by atoms with E-state index in [1.54, 1.807) is 29.2 Å². The van der Waals surface area contributed by atoms with Gasteiger partial charge < -0.3 is 9.42 Å². The van der Waals surface area contributed by atoms with E-state index in [4.69, 9.17) is 16.1 Å². The van der Waals surface area contributed by atoms with Gasteiger partial charge in [0, 0.05) is 29.2 Å². The van der Waals surface area contributed by atoms with Gasteiger partial charge in [0.2, 0.25) is 0 Å². The highest BCUT2D eigenvalue weighted by Gasteiger charge is 2.36. The number of sulfone groups is 1. The summed E-state index contributed by atoms with van der Waals surface area (Å²) in [5.41, 5.74) is 2.90. The highest BCUT2D eigenvalue weighted by Crippen LogP contribution is 2.26. The van der Waals surface area contributed by atoms with E-state index in [9.17, 15) is 13.2 Å². The van der Waals surface area contributed by atoms with Gasteiger partial charge in [0.15, 0.2) is 21.3 Å². The number of aryl methyl sites for hydroxylation is 1. The molecule has 156 valence electrons. The van der Waals surface area contributed by atoms with Crippen LogP contribution < -0.4 is 0 Å². The molecule has 4 rings (SSSR count). The maximum Gasteiger partial charge on any atom is 0.276 e. The molecule has 8 heteroatoms. The number of hydrogen-bond donors (Lipinski definition) is 0. The molecule has 1 saturated heterocycles. The summed E-state index contributed by atoms with van der Waals surface area (Å²) in [6, 6.07) is 16.1. The fourth-order valence-electron chi connectivity index (χ4n) is 3.60. The van der Waals surface area contributed by atoms with Gasteiger partial charge in [-0.3, -0.25) is 4.79 Å². The second-order valence-electron chi connectivity index (χ2n) is 7.56. The molecule has 0 unspecified atom stereocenters. The Bertz CT molecular complexity index is 1170. The van der Waals surface area contributed by atoms with Crippen LogP contribution in [0.2, 0.25) is 5.02 Å². The molecule has 1 aliphatic rings. The molecule has 0 radical (unpaired) electrons. The summed E-state index contributed by atoms with van der Waals surface area (Å²) in [7, 11) is -3.16. The largest absolute Gasteiger partial charge is 0.355 e. The topological polar surface area (TPSA) is 80.5 Å². The van der Waals surface area contributed by atoms with E-state index in [1.807, 2.05) is 37.3 Å². The van der Waals surface area contributed by atoms with Crippen molar-refractivity contribution in [2.45, 2.75) is 25.9 Å². The summed E-state index contributed by atoms with van der Waals surface area (Å²) < 4.78 is 29.5. The molecular formula is C22H21ClN2O4S. The number of rotatable bonds is 5. The zero-order valence-corrected chi connectivity index (χ0v) is 18.0. The molecule has 0 saturated carbocycles. The average molecular weight is 445 g/mol. The van der Waals surface area contributed by atoms with Crippen LogP contribution in [0.4, 0.5) is 0 Å². The van der Waals surface area contributed by atoms with Gasteiger partial charge in [0.25, 0.3) is 5.91 Å². The predicted octanol–water partition coefficient (Wildman–Crippen LogP) is 4.13. The highest BCUT2D eigenvalue weighted by molar-refractivity contribution is 7.91. The van der Waals surface area contributed by atoms with Crippen molar-refractivity contribution >= 4 is 27.3 Å². The summed E-state index contributed by atoms with van der Waals surface area (Å²) in [4.78, 5) is 14.9. The van der Waals surface area contributed by atoms with Gasteiger partial charge in [0.05, 0.1) is 11.5 Å². The van der Waals surface area contributed by atoms with Gasteiger partial charge in [-0.05, 0) is 31.0 Å². The van der Waals surface area contributed by atoms with Crippen molar-refractivity contribution in [3.63, 3.8) is 0 Å². The number of nitrogens with zero attached hydrogens (tertiary/aromatic N) is 2. The van der Waals surface area contributed by atoms with E-state index in [2.05, 4.69) is 5.16 Å². The van der Waals surface area contributed by atoms with Crippen LogP contribution in [-0.2, 0) is 16.4 Å². The minimum absolute atomic E-state index is 0.0536. The first-order valence-corrected chi connectivity index (χ1v) is 11.8. The van der Waals surface area contributed by atoms with Crippen molar-refractivity contribution < 1.29 is 17.7 Å². The summed E-state index contributed by atoms with van der Waals surface area (Å²) in [6.45, 7) is 2.23. The number of carbonyl (C=O) groups is 1. The van der Waals surface area contributed by atoms with Crippen LogP contribution in [0, 0.1) is 6.92 Å². The quantitative estimate of drug-likeness (QED) is 0.591. The molecule has 1 amide bonds. The molecule has 1 fully saturated rings. The number of hydrogen-bond acceptors (Lipinski definition) is 5. The molecule has 1 aliphatic heterocycles. The number of carbonyl (C=O) groups excluding carboxylic acids is 1. The van der Waals surface area contributed by atoms with Crippen LogP contribution >= 0.6 is 11.6 Å². The second-order valence-corrected chi connectivity index (χ2v) is 10.2. The predicted molar refractivity (Wildman–Crippen MR) is 115 cm³/mol. The lowest BCUT2D eigenvalue weighted by molar-refractivity contribution is 0.0670. The number of benzene rings is 2. The molecule has 0 N–H and O–H groups in total. The van der Waals surface area contributed by atoms with Gasteiger partial charge >= 0.3 is 0 Å². The van der Waals surface area contributed by atoms with Crippen molar-refractivity contribution in [3.05, 3.63) is 76.4 Å². The minimum atomic E-state index is -3.16. The molecule has 0 aliphatic carbocycles. The molecule has 6 nitrogen and oxygen atoms in total. The first-order valence-electron chi connectivity index (χ1n) is 9.60. The Labute approximate surface area is 180 Å². The number of aromatic nitrogens is 1. The van der Waals surface area contributed by atoms with Gasteiger partial charge in [-0.25, -0.2) is 8.42 Å². The third-order valence-corrected chi connectivity index (χ3v) is 7.20. The van der Waals surface area contributed by atoms with E-state index in [-0.39, 0.29) is 29.7 Å². The van der Waals surface area contributed by atoms with E-state index < -0.39 is 15.9 Å². The van der Waals surface area contributed by atoms with E-state index >= 15 is 0 Å². The lowest BCUT2D eigenvalue weighted by atomic mass is 10.1. The molecular weight excluding hydrogens is 424 g/mol. The Hall–Kier alpha value is -2.64. The molecule has 3 aromatic rings. The number of halogens is 1. The van der Waals surface area contributed by atoms with Crippen molar-refractivity contribution in [3.8, 4) is 11.3 Å². The Morgan fingerprint density at radius 1 is 1.20 bits per heavy atom. The first kappa shape index (κ1) is 20.6. The zero-order chi connectivity index (χ0) is 21.3. The lowest BCUT2D eigenvalue weighted by Gasteiger charge is -2.27. The van der Waals surface area contributed by atoms with Crippen LogP contribution in [0.15, 0.2) is 59.1 Å². The SMILES string of the molecule is Cc1ccc(-c2cc(C(=O)N(Cc3cccc(Cl)c3)[C@H]3CCS(=O)(=O)C3)no2)cc1. The molecule has 1 atom stereocenters. The van der Waals surface area contributed by atoms with Crippen LogP contribution in [-0.4, -0.2) is 41.9 Å². The zero-order valence-electron chi connectivity index (χ0n) is 16.4. The van der Waals surface area contributed by atoms with Crippen LogP contribution in [0.25, 0.3) is 11.3 Å². The maximum absolute atomic E-state index is 13.3. The van der Waals surface area contributed by atoms with E-state index in [1.165, 1.54) is 0 Å². The third-order valence-electron chi connectivity index (χ3n) is 5.22. The lowest BCUT2D eigenvalue weighted by Crippen LogP contribution is -2.40. The van der Waals surface area contributed by atoms with Crippen molar-refractivity contribution in [1.29, 1.82) is 0 Å². The highest BCUT2D eigenvalue weighted by atomic mass is 35.5. The van der Waals surface area contributed by atoms with Crippen LogP contribution in [0.3, 0.4) is 0 Å². The molecule has 2 heterocycles. The van der Waals surface area contributed by atoms with Gasteiger partial charge in [-0.2, -0.15) is 0 Å². The fourth-order valence-corrected chi connectivity index (χ4v) is 5.54.